The molecule has 5 heteroatoms. The fourth-order valence-electron chi connectivity index (χ4n) is 3.16. The summed E-state index contributed by atoms with van der Waals surface area (Å²) in [5.74, 6) is -1.13. The lowest BCUT2D eigenvalue weighted by atomic mass is 9.68. The highest BCUT2D eigenvalue weighted by Crippen LogP contribution is 2.44. The average molecular weight is 255 g/mol. The highest BCUT2D eigenvalue weighted by molar-refractivity contribution is 5.85. The molecule has 1 amide bonds. The predicted octanol–water partition coefficient (Wildman–Crippen LogP) is 1.12. The predicted molar refractivity (Wildman–Crippen MR) is 65.1 cm³/mol. The van der Waals surface area contributed by atoms with Crippen LogP contribution in [0.4, 0.5) is 0 Å². The van der Waals surface area contributed by atoms with E-state index in [1.165, 1.54) is 0 Å². The largest absolute Gasteiger partial charge is 0.481 e. The maximum atomic E-state index is 12.6. The molecule has 1 heterocycles. The Hall–Kier alpha value is -1.10. The smallest absolute Gasteiger partial charge is 0.308 e. The zero-order valence-corrected chi connectivity index (χ0v) is 11.0. The minimum Gasteiger partial charge on any atom is -0.481 e. The molecule has 0 aromatic carbocycles. The van der Waals surface area contributed by atoms with Crippen molar-refractivity contribution < 1.29 is 19.4 Å². The zero-order valence-electron chi connectivity index (χ0n) is 11.0. The quantitative estimate of drug-likeness (QED) is 0.817. The number of carbonyl (C=O) groups is 2. The maximum absolute atomic E-state index is 12.6. The average Bonchev–Trinajstić information content (AvgIpc) is 2.64. The van der Waals surface area contributed by atoms with Gasteiger partial charge in [-0.25, -0.2) is 0 Å². The molecule has 1 aliphatic heterocycles. The Morgan fingerprint density at radius 1 is 1.44 bits per heavy atom. The van der Waals surface area contributed by atoms with Gasteiger partial charge in [0, 0.05) is 19.7 Å². The van der Waals surface area contributed by atoms with Gasteiger partial charge in [0.1, 0.15) is 0 Å². The Labute approximate surface area is 107 Å². The number of ether oxygens (including phenoxy) is 1. The third-order valence-electron chi connectivity index (χ3n) is 4.52. The first kappa shape index (κ1) is 13.3. The van der Waals surface area contributed by atoms with Crippen molar-refractivity contribution in [2.24, 2.45) is 11.3 Å². The van der Waals surface area contributed by atoms with Crippen molar-refractivity contribution in [1.29, 1.82) is 0 Å². The molecule has 0 aromatic rings. The maximum Gasteiger partial charge on any atom is 0.308 e. The van der Waals surface area contributed by atoms with Crippen molar-refractivity contribution >= 4 is 11.9 Å². The van der Waals surface area contributed by atoms with E-state index in [-0.39, 0.29) is 17.4 Å². The second-order valence-corrected chi connectivity index (χ2v) is 5.54. The van der Waals surface area contributed by atoms with E-state index < -0.39 is 11.9 Å². The van der Waals surface area contributed by atoms with E-state index in [0.717, 1.165) is 19.3 Å². The van der Waals surface area contributed by atoms with E-state index in [4.69, 9.17) is 9.84 Å². The summed E-state index contributed by atoms with van der Waals surface area (Å²) in [7, 11) is 1.61. The summed E-state index contributed by atoms with van der Waals surface area (Å²) in [5.41, 5.74) is -0.379. The molecule has 5 nitrogen and oxygen atoms in total. The molecule has 1 N–H and O–H groups in total. The van der Waals surface area contributed by atoms with E-state index in [9.17, 15) is 9.59 Å². The zero-order chi connectivity index (χ0) is 13.3. The van der Waals surface area contributed by atoms with E-state index in [0.29, 0.717) is 19.6 Å². The SMILES string of the molecule is COCC1(C(=O)N2CCC(C(=O)O)C2C)CCC1. The normalized spacial score (nSPS) is 30.0. The minimum absolute atomic E-state index is 0.0897. The second kappa shape index (κ2) is 4.88. The Morgan fingerprint density at radius 2 is 2.11 bits per heavy atom. The van der Waals surface area contributed by atoms with Crippen molar-refractivity contribution in [1.82, 2.24) is 4.90 Å². The van der Waals surface area contributed by atoms with Crippen molar-refractivity contribution in [3.8, 4) is 0 Å². The molecule has 0 aromatic heterocycles. The Bertz CT molecular complexity index is 351. The van der Waals surface area contributed by atoms with Crippen molar-refractivity contribution in [2.45, 2.75) is 38.6 Å². The van der Waals surface area contributed by atoms with Crippen LogP contribution in [0.1, 0.15) is 32.6 Å². The van der Waals surface area contributed by atoms with Crippen LogP contribution < -0.4 is 0 Å². The van der Waals surface area contributed by atoms with Crippen LogP contribution in [0.3, 0.4) is 0 Å². The minimum atomic E-state index is -0.799. The first-order valence-electron chi connectivity index (χ1n) is 6.55. The second-order valence-electron chi connectivity index (χ2n) is 5.54. The number of nitrogens with zero attached hydrogens (tertiary/aromatic N) is 1. The topological polar surface area (TPSA) is 66.8 Å². The third kappa shape index (κ3) is 2.00. The Kier molecular flexibility index (Phi) is 3.61. The molecule has 102 valence electrons. The molecular weight excluding hydrogens is 234 g/mol. The summed E-state index contributed by atoms with van der Waals surface area (Å²) in [6, 6.07) is -0.204. The molecule has 1 aliphatic carbocycles. The number of methoxy groups -OCH3 is 1. The summed E-state index contributed by atoms with van der Waals surface area (Å²) in [6.07, 6.45) is 3.34. The first-order chi connectivity index (χ1) is 8.52. The molecule has 2 atom stereocenters. The number of carboxylic acids is 1. The van der Waals surface area contributed by atoms with Crippen LogP contribution in [0.15, 0.2) is 0 Å². The fraction of sp³-hybridized carbons (Fsp3) is 0.846. The number of likely N-dealkylation sites (tertiary alicyclic amines) is 1. The summed E-state index contributed by atoms with van der Waals surface area (Å²) in [4.78, 5) is 25.4. The fourth-order valence-corrected chi connectivity index (χ4v) is 3.16. The van der Waals surface area contributed by atoms with Crippen LogP contribution in [-0.2, 0) is 14.3 Å². The van der Waals surface area contributed by atoms with Crippen LogP contribution in [0.25, 0.3) is 0 Å². The first-order valence-corrected chi connectivity index (χ1v) is 6.55. The highest BCUT2D eigenvalue weighted by Gasteiger charge is 2.50. The van der Waals surface area contributed by atoms with E-state index >= 15 is 0 Å². The lowest BCUT2D eigenvalue weighted by Gasteiger charge is -2.43. The Morgan fingerprint density at radius 3 is 2.50 bits per heavy atom. The van der Waals surface area contributed by atoms with Crippen LogP contribution in [0.2, 0.25) is 0 Å². The van der Waals surface area contributed by atoms with Gasteiger partial charge in [-0.05, 0) is 26.2 Å². The molecular formula is C13H21NO4. The van der Waals surface area contributed by atoms with Crippen molar-refractivity contribution in [3.63, 3.8) is 0 Å². The summed E-state index contributed by atoms with van der Waals surface area (Å²) >= 11 is 0. The van der Waals surface area contributed by atoms with Gasteiger partial charge in [-0.2, -0.15) is 0 Å². The highest BCUT2D eigenvalue weighted by atomic mass is 16.5. The molecule has 2 unspecified atom stereocenters. The molecule has 2 rings (SSSR count). The molecule has 0 bridgehead atoms. The van der Waals surface area contributed by atoms with Gasteiger partial charge in [0.25, 0.3) is 0 Å². The van der Waals surface area contributed by atoms with E-state index in [2.05, 4.69) is 0 Å². The van der Waals surface area contributed by atoms with E-state index in [1.54, 1.807) is 12.0 Å². The molecule has 18 heavy (non-hydrogen) atoms. The third-order valence-corrected chi connectivity index (χ3v) is 4.52. The van der Waals surface area contributed by atoms with Crippen LogP contribution in [0.5, 0.6) is 0 Å². The van der Waals surface area contributed by atoms with Gasteiger partial charge in [0.2, 0.25) is 5.91 Å². The van der Waals surface area contributed by atoms with Gasteiger partial charge in [0.05, 0.1) is 17.9 Å². The number of amides is 1. The van der Waals surface area contributed by atoms with E-state index in [1.807, 2.05) is 6.92 Å². The van der Waals surface area contributed by atoms with Crippen LogP contribution in [0, 0.1) is 11.3 Å². The van der Waals surface area contributed by atoms with Gasteiger partial charge in [-0.15, -0.1) is 0 Å². The number of carboxylic acid groups (broad SMARTS) is 1. The van der Waals surface area contributed by atoms with Crippen molar-refractivity contribution in [2.75, 3.05) is 20.3 Å². The van der Waals surface area contributed by atoms with Gasteiger partial charge in [-0.1, -0.05) is 6.42 Å². The summed E-state index contributed by atoms with van der Waals surface area (Å²) in [5, 5.41) is 9.10. The van der Waals surface area contributed by atoms with Gasteiger partial charge >= 0.3 is 5.97 Å². The molecule has 0 spiro atoms. The number of rotatable bonds is 4. The molecule has 2 fully saturated rings. The Balaban J connectivity index is 2.08. The molecule has 1 saturated carbocycles. The summed E-state index contributed by atoms with van der Waals surface area (Å²) < 4.78 is 5.18. The van der Waals surface area contributed by atoms with Gasteiger partial charge < -0.3 is 14.7 Å². The number of aliphatic carboxylic acids is 1. The van der Waals surface area contributed by atoms with Gasteiger partial charge in [0.15, 0.2) is 0 Å². The molecule has 0 radical (unpaired) electrons. The van der Waals surface area contributed by atoms with Gasteiger partial charge in [-0.3, -0.25) is 9.59 Å². The number of carbonyl (C=O) groups excluding carboxylic acids is 1. The number of hydrogen-bond acceptors (Lipinski definition) is 3. The number of hydrogen-bond donors (Lipinski definition) is 1. The lowest BCUT2D eigenvalue weighted by molar-refractivity contribution is -0.154. The van der Waals surface area contributed by atoms with Crippen LogP contribution in [-0.4, -0.2) is 48.2 Å². The molecule has 1 saturated heterocycles. The monoisotopic (exact) mass is 255 g/mol. The summed E-state index contributed by atoms with van der Waals surface area (Å²) in [6.45, 7) is 2.85. The lowest BCUT2D eigenvalue weighted by Crippen LogP contribution is -2.52. The molecule has 2 aliphatic rings. The van der Waals surface area contributed by atoms with Crippen LogP contribution >= 0.6 is 0 Å². The van der Waals surface area contributed by atoms with Crippen molar-refractivity contribution in [3.05, 3.63) is 0 Å². The standard InChI is InChI=1S/C13H21NO4/c1-9-10(11(15)16)4-7-14(9)12(17)13(8-18-2)5-3-6-13/h9-10H,3-8H2,1-2H3,(H,15,16).